The van der Waals surface area contributed by atoms with Crippen molar-refractivity contribution in [2.75, 3.05) is 12.4 Å². The summed E-state index contributed by atoms with van der Waals surface area (Å²) in [6.45, 7) is 1.60. The zero-order chi connectivity index (χ0) is 20.3. The van der Waals surface area contributed by atoms with Crippen LogP contribution >= 0.6 is 11.6 Å². The van der Waals surface area contributed by atoms with Crippen LogP contribution in [0, 0.1) is 18.7 Å². The average Bonchev–Trinajstić information content (AvgIpc) is 2.58. The number of hydrogen-bond acceptors (Lipinski definition) is 6. The monoisotopic (exact) mass is 408 g/mol. The van der Waals surface area contributed by atoms with Crippen LogP contribution in [-0.4, -0.2) is 35.1 Å². The summed E-state index contributed by atoms with van der Waals surface area (Å²) >= 11 is 5.70. The molecule has 1 heterocycles. The van der Waals surface area contributed by atoms with E-state index in [4.69, 9.17) is 21.1 Å². The lowest BCUT2D eigenvalue weighted by Crippen LogP contribution is -2.45. The van der Waals surface area contributed by atoms with Crippen molar-refractivity contribution in [3.8, 4) is 11.8 Å². The van der Waals surface area contributed by atoms with E-state index in [0.29, 0.717) is 23.4 Å². The van der Waals surface area contributed by atoms with Crippen molar-refractivity contribution in [3.05, 3.63) is 40.9 Å². The molecule has 1 aromatic heterocycles. The molecule has 28 heavy (non-hydrogen) atoms. The van der Waals surface area contributed by atoms with Gasteiger partial charge in [-0.25, -0.2) is 19.2 Å². The minimum Gasteiger partial charge on any atom is -0.421 e. The van der Waals surface area contributed by atoms with Crippen molar-refractivity contribution < 1.29 is 23.5 Å². The van der Waals surface area contributed by atoms with Gasteiger partial charge in [0.1, 0.15) is 0 Å². The Morgan fingerprint density at radius 3 is 2.54 bits per heavy atom. The van der Waals surface area contributed by atoms with Gasteiger partial charge in [0.05, 0.1) is 23.5 Å². The largest absolute Gasteiger partial charge is 0.421 e. The number of hydrogen-bond donors (Lipinski definition) is 2. The Morgan fingerprint density at radius 2 is 1.93 bits per heavy atom. The van der Waals surface area contributed by atoms with Crippen molar-refractivity contribution in [1.29, 1.82) is 0 Å². The Labute approximate surface area is 165 Å². The van der Waals surface area contributed by atoms with Gasteiger partial charge in [0.25, 0.3) is 0 Å². The fraction of sp³-hybridized carbons (Fsp3) is 0.333. The zero-order valence-electron chi connectivity index (χ0n) is 15.2. The summed E-state index contributed by atoms with van der Waals surface area (Å²) in [6, 6.07) is 1.78. The van der Waals surface area contributed by atoms with Gasteiger partial charge < -0.3 is 14.8 Å². The summed E-state index contributed by atoms with van der Waals surface area (Å²) in [7, 11) is 1.58. The van der Waals surface area contributed by atoms with Gasteiger partial charge in [-0.3, -0.25) is 10.1 Å². The van der Waals surface area contributed by atoms with Crippen molar-refractivity contribution in [2.45, 2.75) is 25.9 Å². The Balaban J connectivity index is 1.61. The summed E-state index contributed by atoms with van der Waals surface area (Å²) in [4.78, 5) is 31.6. The normalized spacial score (nSPS) is 18.1. The van der Waals surface area contributed by atoms with Crippen LogP contribution in [0.25, 0.3) is 0 Å². The van der Waals surface area contributed by atoms with E-state index in [1.807, 2.05) is 0 Å². The van der Waals surface area contributed by atoms with Gasteiger partial charge in [0, 0.05) is 24.8 Å². The number of nitrogens with zero attached hydrogens (tertiary/aromatic N) is 2. The number of nitrogens with one attached hydrogen (secondary N) is 2. The molecule has 0 unspecified atom stereocenters. The molecular formula is C18H18ClFN4O4. The number of imide groups is 1. The second kappa shape index (κ2) is 8.49. The number of aryl methyl sites for hydroxylation is 1. The molecule has 10 heteroatoms. The lowest BCUT2D eigenvalue weighted by atomic mass is 9.81. The standard InChI is InChI=1S/C18H18ClFN4O4/c1-9-3-12(23-17(26)24-16(25)10-4-13(5-10)27-2)6-14(20)15(9)28-18-21-7-11(19)8-22-18/h3,6-8,10,13H,4-5H2,1-2H3,(H2,23,24,25,26). The molecule has 0 spiro atoms. The van der Waals surface area contributed by atoms with Gasteiger partial charge in [0.2, 0.25) is 5.91 Å². The molecule has 0 saturated heterocycles. The molecule has 2 N–H and O–H groups in total. The minimum absolute atomic E-state index is 0.0488. The number of benzene rings is 1. The Bertz CT molecular complexity index is 865. The third kappa shape index (κ3) is 4.73. The van der Waals surface area contributed by atoms with Crippen LogP contribution in [0.4, 0.5) is 14.9 Å². The number of ether oxygens (including phenoxy) is 2. The Hall–Kier alpha value is -2.78. The van der Waals surface area contributed by atoms with E-state index < -0.39 is 11.8 Å². The fourth-order valence-corrected chi connectivity index (χ4v) is 2.82. The van der Waals surface area contributed by atoms with E-state index in [1.54, 1.807) is 14.0 Å². The highest BCUT2D eigenvalue weighted by Gasteiger charge is 2.35. The molecule has 8 nitrogen and oxygen atoms in total. The van der Waals surface area contributed by atoms with Crippen molar-refractivity contribution in [3.63, 3.8) is 0 Å². The maximum Gasteiger partial charge on any atom is 0.325 e. The first-order valence-corrected chi connectivity index (χ1v) is 8.83. The van der Waals surface area contributed by atoms with E-state index in [9.17, 15) is 14.0 Å². The van der Waals surface area contributed by atoms with Crippen LogP contribution in [0.15, 0.2) is 24.5 Å². The van der Waals surface area contributed by atoms with Crippen LogP contribution in [0.3, 0.4) is 0 Å². The fourth-order valence-electron chi connectivity index (χ4n) is 2.73. The molecular weight excluding hydrogens is 391 g/mol. The van der Waals surface area contributed by atoms with Gasteiger partial charge in [-0.2, -0.15) is 0 Å². The van der Waals surface area contributed by atoms with Crippen LogP contribution in [0.5, 0.6) is 11.8 Å². The molecule has 1 aromatic carbocycles. The number of carbonyl (C=O) groups is 2. The summed E-state index contributed by atoms with van der Waals surface area (Å²) in [6.07, 6.45) is 3.84. The van der Waals surface area contributed by atoms with E-state index in [1.165, 1.54) is 18.5 Å². The third-order valence-electron chi connectivity index (χ3n) is 4.31. The quantitative estimate of drug-likeness (QED) is 0.785. The molecule has 1 aliphatic carbocycles. The summed E-state index contributed by atoms with van der Waals surface area (Å²) in [5.74, 6) is -1.45. The lowest BCUT2D eigenvalue weighted by Gasteiger charge is -2.32. The van der Waals surface area contributed by atoms with Crippen LogP contribution in [0.2, 0.25) is 5.02 Å². The number of rotatable bonds is 5. The first-order valence-electron chi connectivity index (χ1n) is 8.46. The number of urea groups is 1. The molecule has 0 radical (unpaired) electrons. The number of halogens is 2. The van der Waals surface area contributed by atoms with Crippen LogP contribution in [0.1, 0.15) is 18.4 Å². The van der Waals surface area contributed by atoms with Crippen LogP contribution < -0.4 is 15.4 Å². The maximum absolute atomic E-state index is 14.4. The van der Waals surface area contributed by atoms with Gasteiger partial charge in [-0.1, -0.05) is 11.6 Å². The van der Waals surface area contributed by atoms with Gasteiger partial charge >= 0.3 is 12.0 Å². The van der Waals surface area contributed by atoms with Crippen molar-refractivity contribution in [2.24, 2.45) is 5.92 Å². The number of carbonyl (C=O) groups excluding carboxylic acids is 2. The molecule has 1 fully saturated rings. The molecule has 0 atom stereocenters. The van der Waals surface area contributed by atoms with E-state index in [0.717, 1.165) is 6.07 Å². The average molecular weight is 409 g/mol. The highest BCUT2D eigenvalue weighted by atomic mass is 35.5. The molecule has 1 saturated carbocycles. The van der Waals surface area contributed by atoms with Gasteiger partial charge in [0.15, 0.2) is 11.6 Å². The summed E-state index contributed by atoms with van der Waals surface area (Å²) < 4.78 is 24.9. The van der Waals surface area contributed by atoms with E-state index in [-0.39, 0.29) is 35.4 Å². The van der Waals surface area contributed by atoms with Gasteiger partial charge in [-0.15, -0.1) is 0 Å². The van der Waals surface area contributed by atoms with Crippen molar-refractivity contribution in [1.82, 2.24) is 15.3 Å². The second-order valence-electron chi connectivity index (χ2n) is 6.36. The first kappa shape index (κ1) is 20.0. The first-order chi connectivity index (χ1) is 13.4. The lowest BCUT2D eigenvalue weighted by molar-refractivity contribution is -0.131. The second-order valence-corrected chi connectivity index (χ2v) is 6.80. The Kier molecular flexibility index (Phi) is 6.05. The third-order valence-corrected chi connectivity index (χ3v) is 4.51. The molecule has 1 aliphatic rings. The topological polar surface area (TPSA) is 102 Å². The molecule has 3 amide bonds. The highest BCUT2D eigenvalue weighted by molar-refractivity contribution is 6.30. The number of aromatic nitrogens is 2. The molecule has 3 rings (SSSR count). The van der Waals surface area contributed by atoms with E-state index >= 15 is 0 Å². The molecule has 2 aromatic rings. The number of amides is 3. The minimum atomic E-state index is -0.737. The van der Waals surface area contributed by atoms with Gasteiger partial charge in [-0.05, 0) is 31.4 Å². The van der Waals surface area contributed by atoms with Crippen molar-refractivity contribution >= 4 is 29.2 Å². The molecule has 0 bridgehead atoms. The highest BCUT2D eigenvalue weighted by Crippen LogP contribution is 2.31. The summed E-state index contributed by atoms with van der Waals surface area (Å²) in [5.41, 5.74) is 0.579. The van der Waals surface area contributed by atoms with Crippen LogP contribution in [-0.2, 0) is 9.53 Å². The van der Waals surface area contributed by atoms with E-state index in [2.05, 4.69) is 20.6 Å². The zero-order valence-corrected chi connectivity index (χ0v) is 15.9. The predicted octanol–water partition coefficient (Wildman–Crippen LogP) is 3.44. The summed E-state index contributed by atoms with van der Waals surface area (Å²) in [5, 5.41) is 5.00. The molecule has 148 valence electrons. The Morgan fingerprint density at radius 1 is 1.25 bits per heavy atom. The number of methoxy groups -OCH3 is 1. The SMILES string of the molecule is COC1CC(C(=O)NC(=O)Nc2cc(C)c(Oc3ncc(Cl)cn3)c(F)c2)C1. The maximum atomic E-state index is 14.4. The number of anilines is 1. The smallest absolute Gasteiger partial charge is 0.325 e. The predicted molar refractivity (Wildman–Crippen MR) is 98.9 cm³/mol. The molecule has 0 aliphatic heterocycles.